The van der Waals surface area contributed by atoms with Crippen molar-refractivity contribution in [3.63, 3.8) is 0 Å². The van der Waals surface area contributed by atoms with Gasteiger partial charge in [-0.2, -0.15) is 0 Å². The van der Waals surface area contributed by atoms with Crippen molar-refractivity contribution < 1.29 is 9.59 Å². The first kappa shape index (κ1) is 18.7. The molecule has 0 fully saturated rings. The number of nitrogens with one attached hydrogen (secondary N) is 2. The maximum atomic E-state index is 12.4. The standard InChI is InChI=1S/C22H25N3O2/c1-2-25(16-17-8-4-3-5-9-17)22(27)14-21(26)23-13-12-18-15-24-20-11-7-6-10-19(18)20/h3-11,15,24H,2,12-14,16H2,1H3,(H,23,26). The van der Waals surface area contributed by atoms with Crippen molar-refractivity contribution in [2.24, 2.45) is 0 Å². The minimum Gasteiger partial charge on any atom is -0.361 e. The lowest BCUT2D eigenvalue weighted by Crippen LogP contribution is -2.35. The van der Waals surface area contributed by atoms with E-state index < -0.39 is 0 Å². The molecular weight excluding hydrogens is 338 g/mol. The number of carbonyl (C=O) groups is 2. The van der Waals surface area contributed by atoms with E-state index in [1.807, 2.05) is 61.7 Å². The molecule has 3 aromatic rings. The maximum Gasteiger partial charge on any atom is 0.232 e. The number of carbonyl (C=O) groups excluding carboxylic acids is 2. The molecule has 27 heavy (non-hydrogen) atoms. The van der Waals surface area contributed by atoms with Crippen LogP contribution >= 0.6 is 0 Å². The normalized spacial score (nSPS) is 10.7. The van der Waals surface area contributed by atoms with Gasteiger partial charge in [-0.15, -0.1) is 0 Å². The van der Waals surface area contributed by atoms with Gasteiger partial charge in [-0.05, 0) is 30.5 Å². The van der Waals surface area contributed by atoms with Gasteiger partial charge < -0.3 is 15.2 Å². The molecule has 5 heteroatoms. The molecule has 0 atom stereocenters. The number of para-hydroxylation sites is 1. The van der Waals surface area contributed by atoms with Crippen LogP contribution in [0.4, 0.5) is 0 Å². The fourth-order valence-electron chi connectivity index (χ4n) is 3.17. The average molecular weight is 363 g/mol. The van der Waals surface area contributed by atoms with Crippen LogP contribution in [-0.2, 0) is 22.6 Å². The highest BCUT2D eigenvalue weighted by Crippen LogP contribution is 2.17. The van der Waals surface area contributed by atoms with Crippen LogP contribution < -0.4 is 5.32 Å². The molecule has 0 radical (unpaired) electrons. The van der Waals surface area contributed by atoms with E-state index in [1.165, 1.54) is 5.39 Å². The molecule has 0 bridgehead atoms. The summed E-state index contributed by atoms with van der Waals surface area (Å²) in [5.41, 5.74) is 3.32. The molecule has 1 aromatic heterocycles. The Morgan fingerprint density at radius 3 is 2.56 bits per heavy atom. The molecule has 5 nitrogen and oxygen atoms in total. The predicted molar refractivity (Wildman–Crippen MR) is 107 cm³/mol. The molecule has 0 aliphatic rings. The summed E-state index contributed by atoms with van der Waals surface area (Å²) < 4.78 is 0. The van der Waals surface area contributed by atoms with Gasteiger partial charge in [-0.1, -0.05) is 48.5 Å². The second-order valence-corrected chi connectivity index (χ2v) is 6.53. The number of fused-ring (bicyclic) bond motifs is 1. The van der Waals surface area contributed by atoms with Crippen LogP contribution in [0, 0.1) is 0 Å². The molecule has 0 unspecified atom stereocenters. The van der Waals surface area contributed by atoms with Crippen molar-refractivity contribution in [1.82, 2.24) is 15.2 Å². The summed E-state index contributed by atoms with van der Waals surface area (Å²) in [6, 6.07) is 17.9. The molecule has 0 aliphatic heterocycles. The highest BCUT2D eigenvalue weighted by atomic mass is 16.2. The summed E-state index contributed by atoms with van der Waals surface area (Å²) in [5, 5.41) is 4.03. The number of nitrogens with zero attached hydrogens (tertiary/aromatic N) is 1. The minimum atomic E-state index is -0.230. The highest BCUT2D eigenvalue weighted by molar-refractivity contribution is 5.96. The van der Waals surface area contributed by atoms with Gasteiger partial charge in [0.25, 0.3) is 0 Å². The summed E-state index contributed by atoms with van der Waals surface area (Å²) in [6.07, 6.45) is 2.58. The van der Waals surface area contributed by atoms with Gasteiger partial charge >= 0.3 is 0 Å². The van der Waals surface area contributed by atoms with Gasteiger partial charge in [-0.3, -0.25) is 9.59 Å². The number of benzene rings is 2. The summed E-state index contributed by atoms with van der Waals surface area (Å²) in [5.74, 6) is -0.377. The van der Waals surface area contributed by atoms with E-state index >= 15 is 0 Å². The Bertz CT molecular complexity index is 902. The van der Waals surface area contributed by atoms with E-state index in [4.69, 9.17) is 0 Å². The van der Waals surface area contributed by atoms with E-state index in [-0.39, 0.29) is 18.2 Å². The second kappa shape index (κ2) is 9.03. The van der Waals surface area contributed by atoms with E-state index in [0.29, 0.717) is 19.6 Å². The van der Waals surface area contributed by atoms with E-state index in [0.717, 1.165) is 23.1 Å². The third kappa shape index (κ3) is 4.97. The molecule has 2 amide bonds. The van der Waals surface area contributed by atoms with Crippen LogP contribution in [0.5, 0.6) is 0 Å². The Morgan fingerprint density at radius 2 is 1.78 bits per heavy atom. The SMILES string of the molecule is CCN(Cc1ccccc1)C(=O)CC(=O)NCCc1c[nH]c2ccccc12. The summed E-state index contributed by atoms with van der Waals surface area (Å²) in [4.78, 5) is 29.5. The number of hydrogen-bond acceptors (Lipinski definition) is 2. The van der Waals surface area contributed by atoms with Gasteiger partial charge in [-0.25, -0.2) is 0 Å². The first-order valence-corrected chi connectivity index (χ1v) is 9.30. The molecule has 2 N–H and O–H groups in total. The molecule has 0 saturated carbocycles. The number of rotatable bonds is 8. The minimum absolute atomic E-state index is 0.117. The largest absolute Gasteiger partial charge is 0.361 e. The van der Waals surface area contributed by atoms with Crippen LogP contribution in [0.1, 0.15) is 24.5 Å². The van der Waals surface area contributed by atoms with Gasteiger partial charge in [0.15, 0.2) is 0 Å². The Hall–Kier alpha value is -3.08. The van der Waals surface area contributed by atoms with E-state index in [1.54, 1.807) is 4.90 Å². The van der Waals surface area contributed by atoms with Gasteiger partial charge in [0.05, 0.1) is 0 Å². The summed E-state index contributed by atoms with van der Waals surface area (Å²) in [7, 11) is 0. The Labute approximate surface area is 159 Å². The number of hydrogen-bond donors (Lipinski definition) is 2. The predicted octanol–water partition coefficient (Wildman–Crippen LogP) is 3.27. The third-order valence-corrected chi connectivity index (χ3v) is 4.65. The molecule has 0 spiro atoms. The molecule has 0 aliphatic carbocycles. The maximum absolute atomic E-state index is 12.4. The topological polar surface area (TPSA) is 65.2 Å². The van der Waals surface area contributed by atoms with Crippen LogP contribution in [0.2, 0.25) is 0 Å². The molecule has 2 aromatic carbocycles. The van der Waals surface area contributed by atoms with E-state index in [2.05, 4.69) is 16.4 Å². The highest BCUT2D eigenvalue weighted by Gasteiger charge is 2.16. The first-order chi connectivity index (χ1) is 13.2. The average Bonchev–Trinajstić information content (AvgIpc) is 3.10. The zero-order valence-corrected chi connectivity index (χ0v) is 15.6. The third-order valence-electron chi connectivity index (χ3n) is 4.65. The van der Waals surface area contributed by atoms with Crippen LogP contribution in [-0.4, -0.2) is 34.8 Å². The Morgan fingerprint density at radius 1 is 1.04 bits per heavy atom. The Kier molecular flexibility index (Phi) is 6.26. The number of amides is 2. The van der Waals surface area contributed by atoms with Crippen LogP contribution in [0.15, 0.2) is 60.8 Å². The smallest absolute Gasteiger partial charge is 0.232 e. The lowest BCUT2D eigenvalue weighted by molar-refractivity contribution is -0.136. The van der Waals surface area contributed by atoms with Crippen molar-refractivity contribution in [2.75, 3.05) is 13.1 Å². The molecule has 0 saturated heterocycles. The molecular formula is C22H25N3O2. The lowest BCUT2D eigenvalue weighted by Gasteiger charge is -2.20. The first-order valence-electron chi connectivity index (χ1n) is 9.30. The monoisotopic (exact) mass is 363 g/mol. The number of aromatic nitrogens is 1. The Balaban J connectivity index is 1.47. The van der Waals surface area contributed by atoms with E-state index in [9.17, 15) is 9.59 Å². The van der Waals surface area contributed by atoms with Crippen LogP contribution in [0.25, 0.3) is 10.9 Å². The quantitative estimate of drug-likeness (QED) is 0.603. The second-order valence-electron chi connectivity index (χ2n) is 6.53. The summed E-state index contributed by atoms with van der Waals surface area (Å²) in [6.45, 7) is 3.55. The van der Waals surface area contributed by atoms with Crippen molar-refractivity contribution in [3.8, 4) is 0 Å². The van der Waals surface area contributed by atoms with Crippen molar-refractivity contribution >= 4 is 22.7 Å². The fourth-order valence-corrected chi connectivity index (χ4v) is 3.17. The zero-order chi connectivity index (χ0) is 19.1. The van der Waals surface area contributed by atoms with Gasteiger partial charge in [0.1, 0.15) is 6.42 Å². The van der Waals surface area contributed by atoms with Crippen molar-refractivity contribution in [1.29, 1.82) is 0 Å². The number of aromatic amines is 1. The zero-order valence-electron chi connectivity index (χ0n) is 15.6. The molecule has 1 heterocycles. The number of H-pyrrole nitrogens is 1. The molecule has 140 valence electrons. The fraction of sp³-hybridized carbons (Fsp3) is 0.273. The van der Waals surface area contributed by atoms with Gasteiger partial charge in [0.2, 0.25) is 11.8 Å². The lowest BCUT2D eigenvalue weighted by atomic mass is 10.1. The summed E-state index contributed by atoms with van der Waals surface area (Å²) >= 11 is 0. The molecule has 3 rings (SSSR count). The van der Waals surface area contributed by atoms with Crippen LogP contribution in [0.3, 0.4) is 0 Å². The van der Waals surface area contributed by atoms with Crippen molar-refractivity contribution in [2.45, 2.75) is 26.3 Å². The van der Waals surface area contributed by atoms with Crippen molar-refractivity contribution in [3.05, 3.63) is 71.9 Å². The van der Waals surface area contributed by atoms with Gasteiger partial charge in [0, 0.05) is 36.7 Å².